The lowest BCUT2D eigenvalue weighted by Crippen LogP contribution is -2.42. The number of ether oxygens (including phenoxy) is 1. The van der Waals surface area contributed by atoms with E-state index >= 15 is 0 Å². The maximum Gasteiger partial charge on any atom is 0.253 e. The molecule has 0 aliphatic carbocycles. The summed E-state index contributed by atoms with van der Waals surface area (Å²) in [4.78, 5) is 12.4. The number of carbonyl (C=O) groups excluding carboxylic acids is 1. The molecule has 1 heterocycles. The molecule has 1 saturated heterocycles. The molecule has 2 rings (SSSR count). The molecule has 7 heteroatoms. The second kappa shape index (κ2) is 9.66. The second-order valence-corrected chi connectivity index (χ2v) is 9.59. The summed E-state index contributed by atoms with van der Waals surface area (Å²) in [5.41, 5.74) is 0.560. The van der Waals surface area contributed by atoms with Gasteiger partial charge < -0.3 is 10.1 Å². The number of rotatable bonds is 8. The van der Waals surface area contributed by atoms with Crippen LogP contribution < -0.4 is 5.32 Å². The van der Waals surface area contributed by atoms with Crippen LogP contribution in [-0.2, 0) is 19.6 Å². The van der Waals surface area contributed by atoms with Gasteiger partial charge in [0.15, 0.2) is 0 Å². The zero-order valence-electron chi connectivity index (χ0n) is 16.8. The van der Waals surface area contributed by atoms with Gasteiger partial charge in [-0.2, -0.15) is 4.31 Å². The summed E-state index contributed by atoms with van der Waals surface area (Å²) >= 11 is 0. The Morgan fingerprint density at radius 1 is 1.22 bits per heavy atom. The molecule has 1 N–H and O–H groups in total. The molecule has 1 aromatic carbocycles. The molecule has 0 spiro atoms. The fourth-order valence-corrected chi connectivity index (χ4v) is 5.06. The lowest BCUT2D eigenvalue weighted by molar-refractivity contribution is -0.126. The number of hydrogen-bond acceptors (Lipinski definition) is 4. The van der Waals surface area contributed by atoms with Gasteiger partial charge in [0, 0.05) is 25.4 Å². The van der Waals surface area contributed by atoms with Gasteiger partial charge in [0.2, 0.25) is 10.0 Å². The normalized spacial score (nSPS) is 22.4. The first-order valence-corrected chi connectivity index (χ1v) is 11.2. The Morgan fingerprint density at radius 3 is 2.37 bits per heavy atom. The SMILES string of the molecule is CCCCOC(C)C(=O)Nc1ccc(S(=O)(=O)N2CC(C)CC(C)C2)cc1. The first kappa shape index (κ1) is 21.9. The van der Waals surface area contributed by atoms with Crippen LogP contribution in [0.15, 0.2) is 29.2 Å². The Bertz CT molecular complexity index is 708. The third-order valence-electron chi connectivity index (χ3n) is 4.83. The predicted octanol–water partition coefficient (Wildman–Crippen LogP) is 3.50. The molecule has 6 nitrogen and oxygen atoms in total. The molecule has 1 aliphatic rings. The van der Waals surface area contributed by atoms with E-state index < -0.39 is 16.1 Å². The Morgan fingerprint density at radius 2 is 1.81 bits per heavy atom. The highest BCUT2D eigenvalue weighted by Gasteiger charge is 2.31. The van der Waals surface area contributed by atoms with Crippen LogP contribution in [0.2, 0.25) is 0 Å². The number of sulfonamides is 1. The number of carbonyl (C=O) groups is 1. The largest absolute Gasteiger partial charge is 0.369 e. The van der Waals surface area contributed by atoms with Crippen molar-refractivity contribution in [2.45, 2.75) is 58.0 Å². The number of amides is 1. The van der Waals surface area contributed by atoms with Gasteiger partial charge in [0.25, 0.3) is 5.91 Å². The maximum absolute atomic E-state index is 12.9. The molecule has 1 fully saturated rings. The molecule has 1 amide bonds. The van der Waals surface area contributed by atoms with Gasteiger partial charge in [-0.3, -0.25) is 4.79 Å². The number of nitrogens with one attached hydrogen (secondary N) is 1. The van der Waals surface area contributed by atoms with Crippen molar-refractivity contribution in [2.75, 3.05) is 25.0 Å². The Hall–Kier alpha value is -1.44. The smallest absolute Gasteiger partial charge is 0.253 e. The molecule has 1 aromatic rings. The molecule has 27 heavy (non-hydrogen) atoms. The minimum atomic E-state index is -3.51. The molecule has 0 radical (unpaired) electrons. The standard InChI is InChI=1S/C20H32N2O4S/c1-5-6-11-26-17(4)20(23)21-18-7-9-19(10-8-18)27(24,25)22-13-15(2)12-16(3)14-22/h7-10,15-17H,5-6,11-14H2,1-4H3,(H,21,23). The van der Waals surface area contributed by atoms with E-state index in [1.54, 1.807) is 35.5 Å². The van der Waals surface area contributed by atoms with Gasteiger partial charge in [0.1, 0.15) is 6.10 Å². The minimum Gasteiger partial charge on any atom is -0.369 e. The number of piperidine rings is 1. The van der Waals surface area contributed by atoms with Crippen LogP contribution in [0.4, 0.5) is 5.69 Å². The zero-order valence-corrected chi connectivity index (χ0v) is 17.6. The highest BCUT2D eigenvalue weighted by atomic mass is 32.2. The van der Waals surface area contributed by atoms with Gasteiger partial charge in [0.05, 0.1) is 4.90 Å². The number of anilines is 1. The van der Waals surface area contributed by atoms with Crippen molar-refractivity contribution >= 4 is 21.6 Å². The Kier molecular flexibility index (Phi) is 7.82. The summed E-state index contributed by atoms with van der Waals surface area (Å²) in [6.07, 6.45) is 2.43. The first-order valence-electron chi connectivity index (χ1n) is 9.76. The summed E-state index contributed by atoms with van der Waals surface area (Å²) in [6.45, 7) is 9.60. The molecule has 3 atom stereocenters. The van der Waals surface area contributed by atoms with Crippen molar-refractivity contribution in [1.29, 1.82) is 0 Å². The molecule has 152 valence electrons. The predicted molar refractivity (Wildman–Crippen MR) is 107 cm³/mol. The topological polar surface area (TPSA) is 75.7 Å². The summed E-state index contributed by atoms with van der Waals surface area (Å²) in [5.74, 6) is 0.480. The van der Waals surface area contributed by atoms with Crippen molar-refractivity contribution in [3.63, 3.8) is 0 Å². The van der Waals surface area contributed by atoms with Crippen LogP contribution in [0.3, 0.4) is 0 Å². The quantitative estimate of drug-likeness (QED) is 0.683. The van der Waals surface area contributed by atoms with Crippen molar-refractivity contribution in [3.8, 4) is 0 Å². The summed E-state index contributed by atoms with van der Waals surface area (Å²) in [6, 6.07) is 6.36. The lowest BCUT2D eigenvalue weighted by atomic mass is 9.94. The highest BCUT2D eigenvalue weighted by Crippen LogP contribution is 2.27. The van der Waals surface area contributed by atoms with Crippen molar-refractivity contribution in [3.05, 3.63) is 24.3 Å². The maximum atomic E-state index is 12.9. The molecule has 0 aromatic heterocycles. The van der Waals surface area contributed by atoms with Crippen LogP contribution in [0.5, 0.6) is 0 Å². The van der Waals surface area contributed by atoms with E-state index in [0.717, 1.165) is 19.3 Å². The monoisotopic (exact) mass is 396 g/mol. The van der Waals surface area contributed by atoms with Gasteiger partial charge in [-0.25, -0.2) is 8.42 Å². The lowest BCUT2D eigenvalue weighted by Gasteiger charge is -2.34. The average molecular weight is 397 g/mol. The Labute approximate surface area is 163 Å². The molecule has 0 saturated carbocycles. The van der Waals surface area contributed by atoms with E-state index in [-0.39, 0.29) is 10.8 Å². The van der Waals surface area contributed by atoms with Crippen LogP contribution in [0.25, 0.3) is 0 Å². The third kappa shape index (κ3) is 6.02. The van der Waals surface area contributed by atoms with Gasteiger partial charge in [-0.1, -0.05) is 27.2 Å². The fraction of sp³-hybridized carbons (Fsp3) is 0.650. The highest BCUT2D eigenvalue weighted by molar-refractivity contribution is 7.89. The molecular weight excluding hydrogens is 364 g/mol. The van der Waals surface area contributed by atoms with Crippen molar-refractivity contribution in [2.24, 2.45) is 11.8 Å². The summed E-state index contributed by atoms with van der Waals surface area (Å²) < 4.78 is 32.8. The van der Waals surface area contributed by atoms with Gasteiger partial charge >= 0.3 is 0 Å². The fourth-order valence-electron chi connectivity index (χ4n) is 3.39. The molecular formula is C20H32N2O4S. The third-order valence-corrected chi connectivity index (χ3v) is 6.68. The first-order chi connectivity index (χ1) is 12.7. The number of nitrogens with zero attached hydrogens (tertiary/aromatic N) is 1. The number of hydrogen-bond donors (Lipinski definition) is 1. The van der Waals surface area contributed by atoms with Crippen LogP contribution in [0.1, 0.15) is 47.0 Å². The Balaban J connectivity index is 2.00. The summed E-state index contributed by atoms with van der Waals surface area (Å²) in [7, 11) is -3.51. The van der Waals surface area contributed by atoms with Crippen molar-refractivity contribution in [1.82, 2.24) is 4.31 Å². The van der Waals surface area contributed by atoms with Crippen molar-refractivity contribution < 1.29 is 17.9 Å². The molecule has 3 unspecified atom stereocenters. The second-order valence-electron chi connectivity index (χ2n) is 7.65. The van der Waals surface area contributed by atoms with E-state index in [0.29, 0.717) is 37.2 Å². The van der Waals surface area contributed by atoms with Crippen LogP contribution in [-0.4, -0.2) is 44.4 Å². The zero-order chi connectivity index (χ0) is 20.0. The van der Waals surface area contributed by atoms with E-state index in [1.165, 1.54) is 0 Å². The van der Waals surface area contributed by atoms with Gasteiger partial charge in [-0.05, 0) is 55.9 Å². The van der Waals surface area contributed by atoms with Crippen LogP contribution in [0, 0.1) is 11.8 Å². The van der Waals surface area contributed by atoms with E-state index in [4.69, 9.17) is 4.74 Å². The summed E-state index contributed by atoms with van der Waals surface area (Å²) in [5, 5.41) is 2.77. The molecule has 0 bridgehead atoms. The number of benzene rings is 1. The van der Waals surface area contributed by atoms with E-state index in [1.807, 2.05) is 0 Å². The average Bonchev–Trinajstić information content (AvgIpc) is 2.61. The van der Waals surface area contributed by atoms with E-state index in [2.05, 4.69) is 26.1 Å². The minimum absolute atomic E-state index is 0.236. The van der Waals surface area contributed by atoms with Gasteiger partial charge in [-0.15, -0.1) is 0 Å². The van der Waals surface area contributed by atoms with Crippen LogP contribution >= 0.6 is 0 Å². The number of unbranched alkanes of at least 4 members (excludes halogenated alkanes) is 1. The molecule has 1 aliphatic heterocycles. The van der Waals surface area contributed by atoms with E-state index in [9.17, 15) is 13.2 Å².